The summed E-state index contributed by atoms with van der Waals surface area (Å²) in [5, 5.41) is 1.74. The van der Waals surface area contributed by atoms with Crippen molar-refractivity contribution in [2.75, 3.05) is 17.7 Å². The van der Waals surface area contributed by atoms with Crippen LogP contribution in [0.25, 0.3) is 0 Å². The second-order valence-corrected chi connectivity index (χ2v) is 3.79. The van der Waals surface area contributed by atoms with Crippen LogP contribution in [0.15, 0.2) is 30.3 Å². The molecule has 0 radical (unpaired) electrons. The van der Waals surface area contributed by atoms with Gasteiger partial charge in [0.1, 0.15) is 0 Å². The van der Waals surface area contributed by atoms with Crippen LogP contribution in [-0.2, 0) is 0 Å². The van der Waals surface area contributed by atoms with Gasteiger partial charge >= 0.3 is 0 Å². The first kappa shape index (κ1) is 8.44. The molecule has 13 heavy (non-hydrogen) atoms. The number of nitrogens with one attached hydrogen (secondary N) is 1. The summed E-state index contributed by atoms with van der Waals surface area (Å²) in [6.07, 6.45) is 0. The fraction of sp³-hybridized carbons (Fsp3) is 0.222. The van der Waals surface area contributed by atoms with Crippen molar-refractivity contribution in [3.63, 3.8) is 0 Å². The van der Waals surface area contributed by atoms with E-state index in [0.29, 0.717) is 0 Å². The summed E-state index contributed by atoms with van der Waals surface area (Å²) >= 11 is 1.35. The van der Waals surface area contributed by atoms with Crippen LogP contribution in [0.1, 0.15) is 0 Å². The number of carbonyl (C=O) groups excluding carboxylic acids is 1. The van der Waals surface area contributed by atoms with E-state index in [1.54, 1.807) is 5.01 Å². The Morgan fingerprint density at radius 3 is 2.69 bits per heavy atom. The highest BCUT2D eigenvalue weighted by Crippen LogP contribution is 2.18. The zero-order chi connectivity index (χ0) is 9.10. The lowest BCUT2D eigenvalue weighted by Gasteiger charge is -2.16. The standard InChI is InChI=1S/C9H10N2OS/c12-9-11(6-7-13-9)10-8-4-2-1-3-5-8/h1-5,10H,6-7H2. The van der Waals surface area contributed by atoms with Gasteiger partial charge in [-0.25, -0.2) is 5.01 Å². The van der Waals surface area contributed by atoms with Crippen LogP contribution in [0.3, 0.4) is 0 Å². The molecule has 0 aliphatic carbocycles. The Kier molecular flexibility index (Phi) is 2.40. The highest BCUT2D eigenvalue weighted by molar-refractivity contribution is 8.13. The minimum Gasteiger partial charge on any atom is -0.295 e. The van der Waals surface area contributed by atoms with E-state index in [0.717, 1.165) is 18.0 Å². The fourth-order valence-electron chi connectivity index (χ4n) is 1.16. The van der Waals surface area contributed by atoms with Gasteiger partial charge in [-0.3, -0.25) is 10.2 Å². The minimum atomic E-state index is 0.101. The number of para-hydroxylation sites is 1. The van der Waals surface area contributed by atoms with E-state index in [9.17, 15) is 4.79 Å². The Bertz CT molecular complexity index is 302. The molecule has 1 aliphatic rings. The first-order valence-corrected chi connectivity index (χ1v) is 5.11. The molecule has 0 saturated carbocycles. The third kappa shape index (κ3) is 1.95. The van der Waals surface area contributed by atoms with E-state index in [4.69, 9.17) is 0 Å². The second kappa shape index (κ2) is 3.70. The normalized spacial score (nSPS) is 16.3. The third-order valence-electron chi connectivity index (χ3n) is 1.80. The molecule has 0 aromatic heterocycles. The van der Waals surface area contributed by atoms with Crippen molar-refractivity contribution in [2.45, 2.75) is 0 Å². The van der Waals surface area contributed by atoms with Crippen molar-refractivity contribution < 1.29 is 4.79 Å². The van der Waals surface area contributed by atoms with Crippen molar-refractivity contribution in [1.82, 2.24) is 5.01 Å². The first-order valence-electron chi connectivity index (χ1n) is 4.12. The number of hydrogen-bond acceptors (Lipinski definition) is 3. The van der Waals surface area contributed by atoms with Gasteiger partial charge in [-0.15, -0.1) is 0 Å². The molecule has 2 rings (SSSR count). The minimum absolute atomic E-state index is 0.101. The molecule has 1 aliphatic heterocycles. The number of hydrogen-bond donors (Lipinski definition) is 1. The number of carbonyl (C=O) groups is 1. The number of nitrogens with zero attached hydrogens (tertiary/aromatic N) is 1. The maximum atomic E-state index is 11.2. The quantitative estimate of drug-likeness (QED) is 0.783. The SMILES string of the molecule is O=C1SCCN1Nc1ccccc1. The predicted octanol–water partition coefficient (Wildman–Crippen LogP) is 2.18. The summed E-state index contributed by atoms with van der Waals surface area (Å²) in [4.78, 5) is 11.2. The summed E-state index contributed by atoms with van der Waals surface area (Å²) in [7, 11) is 0. The highest BCUT2D eigenvalue weighted by atomic mass is 32.2. The number of thioether (sulfide) groups is 1. The first-order chi connectivity index (χ1) is 6.36. The molecule has 0 unspecified atom stereocenters. The molecule has 0 spiro atoms. The van der Waals surface area contributed by atoms with Crippen molar-refractivity contribution in [3.8, 4) is 0 Å². The molecule has 1 saturated heterocycles. The van der Waals surface area contributed by atoms with Gasteiger partial charge in [0, 0.05) is 5.75 Å². The lowest BCUT2D eigenvalue weighted by molar-refractivity contribution is 0.238. The highest BCUT2D eigenvalue weighted by Gasteiger charge is 2.20. The third-order valence-corrected chi connectivity index (χ3v) is 2.65. The van der Waals surface area contributed by atoms with Crippen LogP contribution in [0, 0.1) is 0 Å². The van der Waals surface area contributed by atoms with E-state index in [1.165, 1.54) is 11.8 Å². The maximum Gasteiger partial charge on any atom is 0.300 e. The van der Waals surface area contributed by atoms with Crippen molar-refractivity contribution in [2.24, 2.45) is 0 Å². The zero-order valence-electron chi connectivity index (χ0n) is 7.06. The van der Waals surface area contributed by atoms with E-state index in [1.807, 2.05) is 30.3 Å². The summed E-state index contributed by atoms with van der Waals surface area (Å²) in [5.41, 5.74) is 4.01. The summed E-state index contributed by atoms with van der Waals surface area (Å²) in [5.74, 6) is 0.874. The molecular weight excluding hydrogens is 184 g/mol. The van der Waals surface area contributed by atoms with Gasteiger partial charge in [-0.2, -0.15) is 0 Å². The molecule has 1 aromatic rings. The van der Waals surface area contributed by atoms with Gasteiger partial charge in [-0.05, 0) is 12.1 Å². The van der Waals surface area contributed by atoms with Gasteiger partial charge in [-0.1, -0.05) is 30.0 Å². The molecule has 1 heterocycles. The maximum absolute atomic E-state index is 11.2. The van der Waals surface area contributed by atoms with E-state index < -0.39 is 0 Å². The Morgan fingerprint density at radius 1 is 1.31 bits per heavy atom. The molecule has 0 bridgehead atoms. The van der Waals surface area contributed by atoms with Crippen molar-refractivity contribution in [1.29, 1.82) is 0 Å². The number of anilines is 1. The monoisotopic (exact) mass is 194 g/mol. The average molecular weight is 194 g/mol. The molecule has 4 heteroatoms. The predicted molar refractivity (Wildman–Crippen MR) is 54.6 cm³/mol. The van der Waals surface area contributed by atoms with Crippen LogP contribution >= 0.6 is 11.8 Å². The number of rotatable bonds is 2. The Balaban J connectivity index is 2.02. The lowest BCUT2D eigenvalue weighted by Crippen LogP contribution is -2.29. The van der Waals surface area contributed by atoms with Crippen LogP contribution in [-0.4, -0.2) is 22.5 Å². The molecule has 1 amide bonds. The van der Waals surface area contributed by atoms with Crippen LogP contribution in [0.5, 0.6) is 0 Å². The Hall–Kier alpha value is -1.16. The molecule has 68 valence electrons. The van der Waals surface area contributed by atoms with E-state index in [2.05, 4.69) is 5.43 Å². The molecule has 1 aromatic carbocycles. The Morgan fingerprint density at radius 2 is 2.08 bits per heavy atom. The van der Waals surface area contributed by atoms with E-state index >= 15 is 0 Å². The fourth-order valence-corrected chi connectivity index (χ4v) is 1.90. The van der Waals surface area contributed by atoms with Crippen molar-refractivity contribution >= 4 is 22.7 Å². The van der Waals surface area contributed by atoms with E-state index in [-0.39, 0.29) is 5.24 Å². The molecular formula is C9H10N2OS. The summed E-state index contributed by atoms with van der Waals surface area (Å²) < 4.78 is 0. The van der Waals surface area contributed by atoms with Gasteiger partial charge < -0.3 is 0 Å². The Labute approximate surface area is 81.1 Å². The average Bonchev–Trinajstić information content (AvgIpc) is 2.54. The lowest BCUT2D eigenvalue weighted by atomic mass is 10.3. The van der Waals surface area contributed by atoms with Gasteiger partial charge in [0.05, 0.1) is 12.2 Å². The number of hydrazine groups is 1. The number of amides is 1. The smallest absolute Gasteiger partial charge is 0.295 e. The topological polar surface area (TPSA) is 32.3 Å². The summed E-state index contributed by atoms with van der Waals surface area (Å²) in [6.45, 7) is 0.776. The number of benzene rings is 1. The van der Waals surface area contributed by atoms with Gasteiger partial charge in [0.25, 0.3) is 5.24 Å². The molecule has 0 atom stereocenters. The molecule has 1 fully saturated rings. The zero-order valence-corrected chi connectivity index (χ0v) is 7.88. The van der Waals surface area contributed by atoms with Crippen LogP contribution in [0.2, 0.25) is 0 Å². The summed E-state index contributed by atoms with van der Waals surface area (Å²) in [6, 6.07) is 9.71. The largest absolute Gasteiger partial charge is 0.300 e. The van der Waals surface area contributed by atoms with Crippen molar-refractivity contribution in [3.05, 3.63) is 30.3 Å². The van der Waals surface area contributed by atoms with Gasteiger partial charge in [0.15, 0.2) is 0 Å². The van der Waals surface area contributed by atoms with Crippen LogP contribution in [0.4, 0.5) is 10.5 Å². The molecule has 3 nitrogen and oxygen atoms in total. The van der Waals surface area contributed by atoms with Gasteiger partial charge in [0.2, 0.25) is 0 Å². The second-order valence-electron chi connectivity index (χ2n) is 2.74. The van der Waals surface area contributed by atoms with Crippen LogP contribution < -0.4 is 5.43 Å². The molecule has 1 N–H and O–H groups in total.